The van der Waals surface area contributed by atoms with Crippen molar-refractivity contribution in [3.05, 3.63) is 88.3 Å². The lowest BCUT2D eigenvalue weighted by Gasteiger charge is -2.25. The number of ether oxygens (including phenoxy) is 10. The van der Waals surface area contributed by atoms with Crippen molar-refractivity contribution in [3.63, 3.8) is 0 Å². The number of benzene rings is 2. The summed E-state index contributed by atoms with van der Waals surface area (Å²) in [4.78, 5) is 50.5. The predicted octanol–water partition coefficient (Wildman–Crippen LogP) is 2.65. The zero-order valence-corrected chi connectivity index (χ0v) is 45.9. The molecule has 6 rings (SSSR count). The number of halogens is 4. The Balaban J connectivity index is 0.792. The molecule has 0 radical (unpaired) electrons. The normalized spacial score (nSPS) is 17.2. The number of carbonyl (C=O) groups excluding carboxylic acids is 1. The van der Waals surface area contributed by atoms with Crippen molar-refractivity contribution in [2.45, 2.75) is 50.7 Å². The van der Waals surface area contributed by atoms with Crippen LogP contribution in [-0.2, 0) is 80.8 Å². The van der Waals surface area contributed by atoms with Gasteiger partial charge in [-0.15, -0.1) is 5.10 Å². The van der Waals surface area contributed by atoms with E-state index in [4.69, 9.17) is 68.5 Å². The molecule has 5 N–H and O–H groups in total. The van der Waals surface area contributed by atoms with Crippen LogP contribution in [0.2, 0.25) is 5.28 Å². The summed E-state index contributed by atoms with van der Waals surface area (Å²) in [5, 5.41) is 43.6. The largest absolute Gasteiger partial charge is 0.420 e. The van der Waals surface area contributed by atoms with Crippen LogP contribution < -0.4 is 9.64 Å². The summed E-state index contributed by atoms with van der Waals surface area (Å²) in [6.45, 7) is 4.38. The molecule has 0 bridgehead atoms. The van der Waals surface area contributed by atoms with E-state index in [1.165, 1.54) is 6.20 Å². The molecule has 4 heterocycles. The molecule has 0 amide bonds. The highest BCUT2D eigenvalue weighted by Crippen LogP contribution is 2.55. The van der Waals surface area contributed by atoms with Gasteiger partial charge in [-0.1, -0.05) is 17.3 Å². The quantitative estimate of drug-likeness (QED) is 0.0124. The SMILES string of the molecule is N#Cc1ccc(CN(CCOCCOCCOCCOCc2cn(CCOCCOCCOCCOCCC(=O)Oc3c(F)cc(F)cc3F)nn2)c2nc(Cl)nc3c2cnn3[C@@H]2O[C@H](COP(=O)(O)CP(=O)(O)O)[C@@H](O)[C@H]2O)cc1. The van der Waals surface area contributed by atoms with Crippen LogP contribution in [0.1, 0.15) is 29.5 Å². The Bertz CT molecular complexity index is 2870. The number of aliphatic hydroxyl groups is 2. The first-order chi connectivity index (χ1) is 38.9. The van der Waals surface area contributed by atoms with Crippen LogP contribution >= 0.6 is 26.8 Å². The van der Waals surface area contributed by atoms with Crippen LogP contribution in [0.4, 0.5) is 19.0 Å². The summed E-state index contributed by atoms with van der Waals surface area (Å²) in [5.74, 6) is -6.82. The van der Waals surface area contributed by atoms with E-state index in [9.17, 15) is 47.5 Å². The molecule has 1 fully saturated rings. The molecular weight excluding hydrogens is 1150 g/mol. The van der Waals surface area contributed by atoms with Crippen molar-refractivity contribution in [2.24, 2.45) is 0 Å². The van der Waals surface area contributed by atoms with Crippen LogP contribution in [0.25, 0.3) is 11.0 Å². The van der Waals surface area contributed by atoms with Gasteiger partial charge >= 0.3 is 21.2 Å². The molecule has 34 heteroatoms. The van der Waals surface area contributed by atoms with Crippen LogP contribution in [0.5, 0.6) is 5.75 Å². The summed E-state index contributed by atoms with van der Waals surface area (Å²) < 4.78 is 126. The molecule has 0 aliphatic carbocycles. The van der Waals surface area contributed by atoms with Gasteiger partial charge in [0.25, 0.3) is 0 Å². The number of nitrogens with zero attached hydrogens (tertiary/aromatic N) is 9. The third-order valence-electron chi connectivity index (χ3n) is 11.2. The summed E-state index contributed by atoms with van der Waals surface area (Å²) in [6, 6.07) is 9.81. The minimum atomic E-state index is -4.93. The topological polar surface area (TPSA) is 355 Å². The van der Waals surface area contributed by atoms with Crippen LogP contribution in [0, 0.1) is 28.8 Å². The Morgan fingerprint density at radius 2 is 1.37 bits per heavy atom. The van der Waals surface area contributed by atoms with Crippen LogP contribution in [0.3, 0.4) is 0 Å². The van der Waals surface area contributed by atoms with E-state index in [2.05, 4.69) is 36.2 Å². The van der Waals surface area contributed by atoms with E-state index < -0.39 is 81.4 Å². The minimum Gasteiger partial charge on any atom is -0.420 e. The van der Waals surface area contributed by atoms with E-state index in [1.807, 2.05) is 4.90 Å². The Hall–Kier alpha value is -5.17. The van der Waals surface area contributed by atoms with E-state index in [0.29, 0.717) is 101 Å². The molecule has 2 aromatic carbocycles. The fourth-order valence-electron chi connectivity index (χ4n) is 7.40. The number of esters is 1. The van der Waals surface area contributed by atoms with Crippen LogP contribution in [-0.4, -0.2) is 202 Å². The van der Waals surface area contributed by atoms with Crippen molar-refractivity contribution in [2.75, 3.05) is 123 Å². The van der Waals surface area contributed by atoms with Crippen molar-refractivity contribution >= 4 is 49.6 Å². The van der Waals surface area contributed by atoms with Gasteiger partial charge in [0.2, 0.25) is 11.0 Å². The zero-order valence-electron chi connectivity index (χ0n) is 43.4. The number of carbonyl (C=O) groups is 1. The molecule has 3 aromatic heterocycles. The second kappa shape index (κ2) is 33.2. The second-order valence-corrected chi connectivity index (χ2v) is 21.7. The lowest BCUT2D eigenvalue weighted by atomic mass is 10.1. The maximum absolute atomic E-state index is 13.6. The summed E-state index contributed by atoms with van der Waals surface area (Å²) >= 11 is 6.44. The van der Waals surface area contributed by atoms with Crippen molar-refractivity contribution in [1.82, 2.24) is 34.7 Å². The standard InChI is InChI=1S/C47H61ClF3N9O19P2/c48-47-54-44(36-26-53-60(45(36)55-47)46-42(63)41(62)39(78-46)30-77-81(67,68)31-80(64,65)66)58(27-33-3-1-32(25-52)2-4-33)6-9-70-12-15-73-19-20-75-21-22-76-29-35-28-59(57-56-35)7-10-71-13-16-74-18-17-72-14-11-69-8-5-40(61)79-43-37(50)23-34(49)24-38(43)51/h1-4,23-24,26,28,39,41-42,46,62-63H,5-22,27,29-31H2,(H,67,68)(H2,64,65,66)/t39-,41-,42-,46-/m1/s1. The Morgan fingerprint density at radius 1 is 0.790 bits per heavy atom. The number of aliphatic hydroxyl groups excluding tert-OH is 2. The number of fused-ring (bicyclic) bond motifs is 1. The summed E-state index contributed by atoms with van der Waals surface area (Å²) in [6.07, 6.45) is -3.27. The number of nitriles is 1. The van der Waals surface area contributed by atoms with Gasteiger partial charge in [0.05, 0.1) is 155 Å². The molecule has 1 saturated heterocycles. The van der Waals surface area contributed by atoms with E-state index in [-0.39, 0.29) is 76.7 Å². The first kappa shape index (κ1) is 65.0. The Kier molecular flexibility index (Phi) is 26.6. The third-order valence-corrected chi connectivity index (χ3v) is 14.8. The minimum absolute atomic E-state index is 0.0707. The zero-order chi connectivity index (χ0) is 58.2. The molecule has 1 aliphatic heterocycles. The lowest BCUT2D eigenvalue weighted by Crippen LogP contribution is -2.33. The fraction of sp³-hybridized carbons (Fsp3) is 0.553. The first-order valence-electron chi connectivity index (χ1n) is 24.9. The molecule has 446 valence electrons. The number of hydrogen-bond acceptors (Lipinski definition) is 23. The highest BCUT2D eigenvalue weighted by molar-refractivity contribution is 7.70. The Labute approximate surface area is 466 Å². The van der Waals surface area contributed by atoms with Crippen LogP contribution in [0.15, 0.2) is 48.8 Å². The van der Waals surface area contributed by atoms with Gasteiger partial charge in [0, 0.05) is 25.2 Å². The highest BCUT2D eigenvalue weighted by Gasteiger charge is 2.46. The van der Waals surface area contributed by atoms with Gasteiger partial charge in [-0.05, 0) is 29.3 Å². The van der Waals surface area contributed by atoms with Gasteiger partial charge in [-0.2, -0.15) is 20.3 Å². The predicted molar refractivity (Wildman–Crippen MR) is 273 cm³/mol. The van der Waals surface area contributed by atoms with Gasteiger partial charge < -0.3 is 81.7 Å². The van der Waals surface area contributed by atoms with Gasteiger partial charge in [0.15, 0.2) is 29.4 Å². The molecule has 0 spiro atoms. The molecule has 0 saturated carbocycles. The molecule has 81 heavy (non-hydrogen) atoms. The summed E-state index contributed by atoms with van der Waals surface area (Å²) in [7, 11) is -9.73. The molecule has 1 unspecified atom stereocenters. The number of anilines is 1. The smallest absolute Gasteiger partial charge is 0.340 e. The molecule has 5 atom stereocenters. The first-order valence-corrected chi connectivity index (χ1v) is 28.9. The average molecular weight is 1210 g/mol. The third kappa shape index (κ3) is 22.2. The monoisotopic (exact) mass is 1210 g/mol. The molecule has 28 nitrogen and oxygen atoms in total. The van der Waals surface area contributed by atoms with E-state index in [0.717, 1.165) is 10.2 Å². The lowest BCUT2D eigenvalue weighted by molar-refractivity contribution is -0.136. The average Bonchev–Trinajstić information content (AvgIpc) is 4.20. The fourth-order valence-corrected chi connectivity index (χ4v) is 10.1. The number of hydrogen-bond donors (Lipinski definition) is 5. The molecule has 1 aliphatic rings. The maximum atomic E-state index is 13.6. The summed E-state index contributed by atoms with van der Waals surface area (Å²) in [5.41, 5.74) is 2.00. The number of rotatable bonds is 39. The van der Waals surface area contributed by atoms with Gasteiger partial charge in [-0.25, -0.2) is 22.5 Å². The number of aromatic nitrogens is 7. The van der Waals surface area contributed by atoms with Gasteiger partial charge in [0.1, 0.15) is 35.6 Å². The maximum Gasteiger partial charge on any atom is 0.340 e. The van der Waals surface area contributed by atoms with Gasteiger partial charge in [-0.3, -0.25) is 13.9 Å². The van der Waals surface area contributed by atoms with E-state index >= 15 is 0 Å². The highest BCUT2D eigenvalue weighted by atomic mass is 35.5. The molecular formula is C47H61ClF3N9O19P2. The van der Waals surface area contributed by atoms with Crippen molar-refractivity contribution < 1.29 is 104 Å². The Morgan fingerprint density at radius 3 is 1.98 bits per heavy atom. The van der Waals surface area contributed by atoms with E-state index in [1.54, 1.807) is 35.1 Å². The van der Waals surface area contributed by atoms with Crippen molar-refractivity contribution in [1.29, 1.82) is 5.26 Å². The van der Waals surface area contributed by atoms with Crippen molar-refractivity contribution in [3.8, 4) is 11.8 Å². The second-order valence-electron chi connectivity index (χ2n) is 17.4. The molecule has 5 aromatic rings.